The van der Waals surface area contributed by atoms with E-state index in [1.807, 2.05) is 13.8 Å². The summed E-state index contributed by atoms with van der Waals surface area (Å²) in [4.78, 5) is 14.8. The fourth-order valence-electron chi connectivity index (χ4n) is 4.48. The van der Waals surface area contributed by atoms with Crippen LogP contribution >= 0.6 is 15.9 Å². The van der Waals surface area contributed by atoms with E-state index in [-0.39, 0.29) is 27.7 Å². The molecule has 1 aliphatic heterocycles. The Bertz CT molecular complexity index is 1370. The minimum absolute atomic E-state index is 0.132. The summed E-state index contributed by atoms with van der Waals surface area (Å²) in [5.41, 5.74) is 0.123. The van der Waals surface area contributed by atoms with Crippen molar-refractivity contribution >= 4 is 41.9 Å². The number of likely N-dealkylation sites (tertiary alicyclic amines) is 1. The monoisotopic (exact) mass is 590 g/mol. The molecule has 3 aromatic rings. The van der Waals surface area contributed by atoms with Crippen molar-refractivity contribution < 1.29 is 21.6 Å². The summed E-state index contributed by atoms with van der Waals surface area (Å²) in [7, 11) is -8.90. The topological polar surface area (TPSA) is 91.8 Å². The first-order valence-electron chi connectivity index (χ1n) is 11.4. The molecule has 190 valence electrons. The first-order chi connectivity index (χ1) is 16.9. The van der Waals surface area contributed by atoms with Crippen molar-refractivity contribution in [2.24, 2.45) is 5.41 Å². The van der Waals surface area contributed by atoms with Gasteiger partial charge in [0.25, 0.3) is 26.0 Å². The number of sulfonamides is 2. The molecule has 7 nitrogen and oxygen atoms in total. The minimum atomic E-state index is -4.45. The van der Waals surface area contributed by atoms with E-state index in [1.54, 1.807) is 65.6 Å². The molecule has 0 aliphatic carbocycles. The molecule has 0 aromatic heterocycles. The lowest BCUT2D eigenvalue weighted by Gasteiger charge is -2.30. The maximum atomic E-state index is 13.7. The smallest absolute Gasteiger partial charge is 0.256 e. The summed E-state index contributed by atoms with van der Waals surface area (Å²) >= 11 is 3.36. The second kappa shape index (κ2) is 10.1. The van der Waals surface area contributed by atoms with Crippen LogP contribution in [0.1, 0.15) is 30.6 Å². The molecule has 0 N–H and O–H groups in total. The van der Waals surface area contributed by atoms with Gasteiger partial charge in [0.2, 0.25) is 0 Å². The van der Waals surface area contributed by atoms with Gasteiger partial charge in [0.15, 0.2) is 0 Å². The van der Waals surface area contributed by atoms with Gasteiger partial charge in [-0.25, -0.2) is 16.8 Å². The van der Waals surface area contributed by atoms with Crippen LogP contribution in [0.2, 0.25) is 0 Å². The molecule has 1 aliphatic rings. The van der Waals surface area contributed by atoms with E-state index in [0.717, 1.165) is 4.47 Å². The number of halogens is 1. The molecule has 3 aromatic carbocycles. The van der Waals surface area contributed by atoms with Crippen LogP contribution in [0.5, 0.6) is 0 Å². The lowest BCUT2D eigenvalue weighted by Crippen LogP contribution is -2.47. The lowest BCUT2D eigenvalue weighted by molar-refractivity contribution is 0.0720. The number of rotatable bonds is 7. The second-order valence-electron chi connectivity index (χ2n) is 9.55. The van der Waals surface area contributed by atoms with Gasteiger partial charge in [0.1, 0.15) is 0 Å². The first kappa shape index (κ1) is 26.5. The Balaban J connectivity index is 1.77. The van der Waals surface area contributed by atoms with Crippen LogP contribution in [0.4, 0.5) is 0 Å². The number of amides is 1. The van der Waals surface area contributed by atoms with Gasteiger partial charge >= 0.3 is 0 Å². The molecule has 10 heteroatoms. The summed E-state index contributed by atoms with van der Waals surface area (Å²) in [6.07, 6.45) is 0.445. The molecular formula is C26H27BrN2O5S2. The zero-order valence-electron chi connectivity index (χ0n) is 19.9. The van der Waals surface area contributed by atoms with Crippen LogP contribution in [0.25, 0.3) is 0 Å². The van der Waals surface area contributed by atoms with Crippen molar-refractivity contribution in [2.75, 3.05) is 13.1 Å². The molecule has 4 rings (SSSR count). The van der Waals surface area contributed by atoms with Crippen LogP contribution in [-0.4, -0.2) is 50.5 Å². The van der Waals surface area contributed by atoms with Gasteiger partial charge in [0.05, 0.1) is 16.3 Å². The highest BCUT2D eigenvalue weighted by Gasteiger charge is 2.45. The third kappa shape index (κ3) is 5.41. The maximum Gasteiger partial charge on any atom is 0.256 e. The van der Waals surface area contributed by atoms with E-state index in [9.17, 15) is 21.6 Å². The van der Waals surface area contributed by atoms with Gasteiger partial charge in [-0.3, -0.25) is 4.79 Å². The Morgan fingerprint density at radius 3 is 1.81 bits per heavy atom. The van der Waals surface area contributed by atoms with Crippen molar-refractivity contribution in [1.29, 1.82) is 0 Å². The standard InChI is InChI=1S/C26H27BrN2O5S2/c1-26(2)17-22(28(19-26)25(30)20-13-15-21(27)16-14-20)18-29(35(31,32)23-9-5-3-6-10-23)36(33,34)24-11-7-4-8-12-24/h3-16,22H,17-19H2,1-2H3/t22-/m0/s1. The Morgan fingerprint density at radius 1 is 0.861 bits per heavy atom. The summed E-state index contributed by atoms with van der Waals surface area (Å²) in [5.74, 6) is -0.271. The maximum absolute atomic E-state index is 13.7. The van der Waals surface area contributed by atoms with E-state index in [1.165, 1.54) is 24.3 Å². The van der Waals surface area contributed by atoms with Crippen molar-refractivity contribution in [2.45, 2.75) is 36.1 Å². The SMILES string of the molecule is CC1(C)C[C@@H](CN(S(=O)(=O)c2ccccc2)S(=O)(=O)c2ccccc2)N(C(=O)c2ccc(Br)cc2)C1. The Hall–Kier alpha value is -2.53. The number of carbonyl (C=O) groups excluding carboxylic acids is 1. The molecule has 1 atom stereocenters. The molecule has 0 bridgehead atoms. The molecule has 1 heterocycles. The highest BCUT2D eigenvalue weighted by Crippen LogP contribution is 2.37. The molecule has 1 amide bonds. The molecule has 1 saturated heterocycles. The van der Waals surface area contributed by atoms with Crippen LogP contribution in [0, 0.1) is 5.41 Å². The van der Waals surface area contributed by atoms with Crippen LogP contribution in [0.15, 0.2) is 99.2 Å². The fraction of sp³-hybridized carbons (Fsp3) is 0.269. The predicted octanol–water partition coefficient (Wildman–Crippen LogP) is 4.77. The highest BCUT2D eigenvalue weighted by atomic mass is 79.9. The Kier molecular flexibility index (Phi) is 7.43. The highest BCUT2D eigenvalue weighted by molar-refractivity contribution is 9.10. The average Bonchev–Trinajstić information content (AvgIpc) is 3.17. The van der Waals surface area contributed by atoms with E-state index in [4.69, 9.17) is 0 Å². The normalized spacial score (nSPS) is 17.9. The second-order valence-corrected chi connectivity index (χ2v) is 14.4. The van der Waals surface area contributed by atoms with Crippen LogP contribution < -0.4 is 0 Å². The molecular weight excluding hydrogens is 564 g/mol. The van der Waals surface area contributed by atoms with Gasteiger partial charge in [-0.2, -0.15) is 0 Å². The van der Waals surface area contributed by atoms with Crippen molar-refractivity contribution in [3.05, 3.63) is 95.0 Å². The third-order valence-corrected chi connectivity index (χ3v) is 11.0. The molecule has 0 saturated carbocycles. The summed E-state index contributed by atoms with van der Waals surface area (Å²) in [6, 6.07) is 21.2. The average molecular weight is 592 g/mol. The Morgan fingerprint density at radius 2 is 1.33 bits per heavy atom. The van der Waals surface area contributed by atoms with Crippen molar-refractivity contribution in [3.8, 4) is 0 Å². The Labute approximate surface area is 221 Å². The van der Waals surface area contributed by atoms with Gasteiger partial charge in [-0.15, -0.1) is 0 Å². The fourth-order valence-corrected chi connectivity index (χ4v) is 8.50. The minimum Gasteiger partial charge on any atom is -0.334 e. The first-order valence-corrected chi connectivity index (χ1v) is 15.0. The summed E-state index contributed by atoms with van der Waals surface area (Å²) in [5, 5.41) is 0. The van der Waals surface area contributed by atoms with E-state index in [2.05, 4.69) is 15.9 Å². The number of hydrogen-bond acceptors (Lipinski definition) is 5. The van der Waals surface area contributed by atoms with Crippen molar-refractivity contribution in [3.63, 3.8) is 0 Å². The lowest BCUT2D eigenvalue weighted by atomic mass is 9.91. The summed E-state index contributed by atoms with van der Waals surface area (Å²) in [6.45, 7) is 3.95. The predicted molar refractivity (Wildman–Crippen MR) is 141 cm³/mol. The van der Waals surface area contributed by atoms with Gasteiger partial charge in [-0.05, 0) is 60.4 Å². The number of nitrogens with zero attached hydrogens (tertiary/aromatic N) is 2. The number of hydrogen-bond donors (Lipinski definition) is 0. The number of benzene rings is 3. The molecule has 1 fully saturated rings. The molecule has 0 spiro atoms. The zero-order valence-corrected chi connectivity index (χ0v) is 23.1. The molecule has 0 unspecified atom stereocenters. The third-order valence-electron chi connectivity index (χ3n) is 6.16. The van der Waals surface area contributed by atoms with Gasteiger partial charge in [-0.1, -0.05) is 69.9 Å². The largest absolute Gasteiger partial charge is 0.334 e. The zero-order chi connectivity index (χ0) is 26.1. The van der Waals surface area contributed by atoms with Crippen LogP contribution in [-0.2, 0) is 20.0 Å². The van der Waals surface area contributed by atoms with Crippen molar-refractivity contribution in [1.82, 2.24) is 8.61 Å². The van der Waals surface area contributed by atoms with Crippen LogP contribution in [0.3, 0.4) is 0 Å². The van der Waals surface area contributed by atoms with E-state index >= 15 is 0 Å². The molecule has 36 heavy (non-hydrogen) atoms. The van der Waals surface area contributed by atoms with Gasteiger partial charge in [0, 0.05) is 22.6 Å². The van der Waals surface area contributed by atoms with Gasteiger partial charge < -0.3 is 4.90 Å². The number of carbonyl (C=O) groups is 1. The van der Waals surface area contributed by atoms with E-state index < -0.39 is 26.1 Å². The molecule has 0 radical (unpaired) electrons. The summed E-state index contributed by atoms with van der Waals surface area (Å²) < 4.78 is 56.3. The quantitative estimate of drug-likeness (QED) is 0.395. The van der Waals surface area contributed by atoms with E-state index in [0.29, 0.717) is 22.2 Å².